The van der Waals surface area contributed by atoms with E-state index in [-0.39, 0.29) is 17.9 Å². The highest BCUT2D eigenvalue weighted by Crippen LogP contribution is 2.32. The molecule has 17 heavy (non-hydrogen) atoms. The molecule has 4 nitrogen and oxygen atoms in total. The summed E-state index contributed by atoms with van der Waals surface area (Å²) >= 11 is 0. The van der Waals surface area contributed by atoms with Crippen LogP contribution in [0.4, 0.5) is 0 Å². The van der Waals surface area contributed by atoms with E-state index in [4.69, 9.17) is 5.73 Å². The molecule has 0 saturated heterocycles. The first-order valence-electron chi connectivity index (χ1n) is 6.12. The monoisotopic (exact) mass is 233 g/mol. The summed E-state index contributed by atoms with van der Waals surface area (Å²) in [6.07, 6.45) is 5.81. The molecule has 0 aliphatic heterocycles. The fraction of sp³-hybridized carbons (Fsp3) is 0.538. The lowest BCUT2D eigenvalue weighted by atomic mass is 10.0. The third-order valence-electron chi connectivity index (χ3n) is 3.35. The predicted octanol–water partition coefficient (Wildman–Crippen LogP) is 1.04. The SMILES string of the molecule is CC(C(=O)NC(CN)C1CC1)c1cccnc1. The molecule has 92 valence electrons. The maximum Gasteiger partial charge on any atom is 0.227 e. The van der Waals surface area contributed by atoms with Crippen LogP contribution in [0.15, 0.2) is 24.5 Å². The standard InChI is InChI=1S/C13H19N3O/c1-9(11-3-2-6-15-8-11)13(17)16-12(7-14)10-4-5-10/h2-3,6,8-10,12H,4-5,7,14H2,1H3,(H,16,17). The van der Waals surface area contributed by atoms with Crippen molar-refractivity contribution < 1.29 is 4.79 Å². The fourth-order valence-corrected chi connectivity index (χ4v) is 1.96. The van der Waals surface area contributed by atoms with E-state index < -0.39 is 0 Å². The summed E-state index contributed by atoms with van der Waals surface area (Å²) in [4.78, 5) is 16.1. The van der Waals surface area contributed by atoms with Crippen LogP contribution >= 0.6 is 0 Å². The minimum absolute atomic E-state index is 0.0420. The van der Waals surface area contributed by atoms with E-state index in [0.717, 1.165) is 5.56 Å². The molecule has 1 saturated carbocycles. The zero-order valence-electron chi connectivity index (χ0n) is 10.1. The van der Waals surface area contributed by atoms with Gasteiger partial charge in [0.15, 0.2) is 0 Å². The van der Waals surface area contributed by atoms with Gasteiger partial charge in [-0.2, -0.15) is 0 Å². The van der Waals surface area contributed by atoms with Gasteiger partial charge in [-0.15, -0.1) is 0 Å². The van der Waals surface area contributed by atoms with Crippen molar-refractivity contribution in [2.24, 2.45) is 11.7 Å². The molecular weight excluding hydrogens is 214 g/mol. The van der Waals surface area contributed by atoms with Crippen LogP contribution in [0.2, 0.25) is 0 Å². The van der Waals surface area contributed by atoms with Crippen molar-refractivity contribution in [3.63, 3.8) is 0 Å². The molecule has 0 aromatic carbocycles. The first kappa shape index (κ1) is 12.0. The van der Waals surface area contributed by atoms with Gasteiger partial charge in [-0.1, -0.05) is 6.07 Å². The molecular formula is C13H19N3O. The predicted molar refractivity (Wildman–Crippen MR) is 66.4 cm³/mol. The number of amides is 1. The summed E-state index contributed by atoms with van der Waals surface area (Å²) in [5.74, 6) is 0.460. The first-order chi connectivity index (χ1) is 8.22. The largest absolute Gasteiger partial charge is 0.351 e. The van der Waals surface area contributed by atoms with E-state index >= 15 is 0 Å². The van der Waals surface area contributed by atoms with Crippen LogP contribution in [0.25, 0.3) is 0 Å². The Bertz CT molecular complexity index is 376. The van der Waals surface area contributed by atoms with Crippen LogP contribution in [0.5, 0.6) is 0 Å². The Balaban J connectivity index is 1.95. The molecule has 0 bridgehead atoms. The molecule has 1 aliphatic rings. The minimum Gasteiger partial charge on any atom is -0.351 e. The summed E-state index contributed by atoms with van der Waals surface area (Å²) in [5.41, 5.74) is 6.62. The Labute approximate surface area is 102 Å². The molecule has 0 radical (unpaired) electrons. The van der Waals surface area contributed by atoms with Crippen molar-refractivity contribution in [2.45, 2.75) is 31.7 Å². The Morgan fingerprint density at radius 1 is 1.65 bits per heavy atom. The fourth-order valence-electron chi connectivity index (χ4n) is 1.96. The van der Waals surface area contributed by atoms with Crippen molar-refractivity contribution in [2.75, 3.05) is 6.54 Å². The zero-order valence-corrected chi connectivity index (χ0v) is 10.1. The molecule has 1 amide bonds. The summed E-state index contributed by atoms with van der Waals surface area (Å²) in [5, 5.41) is 3.04. The van der Waals surface area contributed by atoms with Gasteiger partial charge in [0.1, 0.15) is 0 Å². The van der Waals surface area contributed by atoms with Crippen molar-refractivity contribution in [3.05, 3.63) is 30.1 Å². The van der Waals surface area contributed by atoms with Crippen LogP contribution in [-0.4, -0.2) is 23.5 Å². The van der Waals surface area contributed by atoms with E-state index in [0.29, 0.717) is 12.5 Å². The van der Waals surface area contributed by atoms with Gasteiger partial charge >= 0.3 is 0 Å². The van der Waals surface area contributed by atoms with Gasteiger partial charge in [0.05, 0.1) is 5.92 Å². The molecule has 1 aromatic rings. The van der Waals surface area contributed by atoms with Crippen LogP contribution in [0.1, 0.15) is 31.2 Å². The topological polar surface area (TPSA) is 68.0 Å². The summed E-state index contributed by atoms with van der Waals surface area (Å²) in [6, 6.07) is 3.91. The molecule has 3 N–H and O–H groups in total. The number of hydrogen-bond acceptors (Lipinski definition) is 3. The van der Waals surface area contributed by atoms with Gasteiger partial charge in [-0.3, -0.25) is 9.78 Å². The lowest BCUT2D eigenvalue weighted by Gasteiger charge is -2.19. The van der Waals surface area contributed by atoms with Crippen molar-refractivity contribution >= 4 is 5.91 Å². The number of carbonyl (C=O) groups is 1. The smallest absolute Gasteiger partial charge is 0.227 e. The zero-order chi connectivity index (χ0) is 12.3. The molecule has 1 fully saturated rings. The molecule has 1 aliphatic carbocycles. The third kappa shape index (κ3) is 3.03. The molecule has 1 heterocycles. The molecule has 2 rings (SSSR count). The summed E-state index contributed by atoms with van der Waals surface area (Å²) in [7, 11) is 0. The van der Waals surface area contributed by atoms with Gasteiger partial charge < -0.3 is 11.1 Å². The second kappa shape index (κ2) is 5.27. The second-order valence-corrected chi connectivity index (χ2v) is 4.70. The van der Waals surface area contributed by atoms with Gasteiger partial charge in [-0.25, -0.2) is 0 Å². The molecule has 1 aromatic heterocycles. The molecule has 0 spiro atoms. The van der Waals surface area contributed by atoms with E-state index in [2.05, 4.69) is 10.3 Å². The van der Waals surface area contributed by atoms with E-state index in [1.807, 2.05) is 19.1 Å². The highest BCUT2D eigenvalue weighted by Gasteiger charge is 2.32. The molecule has 4 heteroatoms. The van der Waals surface area contributed by atoms with E-state index in [1.54, 1.807) is 12.4 Å². The molecule has 2 atom stereocenters. The Kier molecular flexibility index (Phi) is 3.74. The van der Waals surface area contributed by atoms with Crippen LogP contribution in [-0.2, 0) is 4.79 Å². The summed E-state index contributed by atoms with van der Waals surface area (Å²) < 4.78 is 0. The number of hydrogen-bond donors (Lipinski definition) is 2. The Morgan fingerprint density at radius 2 is 2.41 bits per heavy atom. The van der Waals surface area contributed by atoms with Crippen molar-refractivity contribution in [1.82, 2.24) is 10.3 Å². The number of carbonyl (C=O) groups excluding carboxylic acids is 1. The summed E-state index contributed by atoms with van der Waals surface area (Å²) in [6.45, 7) is 2.42. The van der Waals surface area contributed by atoms with Crippen LogP contribution < -0.4 is 11.1 Å². The lowest BCUT2D eigenvalue weighted by molar-refractivity contribution is -0.123. The first-order valence-corrected chi connectivity index (χ1v) is 6.12. The Hall–Kier alpha value is -1.42. The highest BCUT2D eigenvalue weighted by molar-refractivity contribution is 5.83. The maximum atomic E-state index is 12.1. The number of nitrogens with zero attached hydrogens (tertiary/aromatic N) is 1. The number of nitrogens with one attached hydrogen (secondary N) is 1. The van der Waals surface area contributed by atoms with Crippen molar-refractivity contribution in [1.29, 1.82) is 0 Å². The van der Waals surface area contributed by atoms with E-state index in [1.165, 1.54) is 12.8 Å². The number of rotatable bonds is 5. The van der Waals surface area contributed by atoms with E-state index in [9.17, 15) is 4.79 Å². The average Bonchev–Trinajstić information content (AvgIpc) is 3.20. The normalized spacial score (nSPS) is 18.5. The van der Waals surface area contributed by atoms with Gasteiger partial charge in [0.2, 0.25) is 5.91 Å². The molecule has 2 unspecified atom stereocenters. The number of nitrogens with two attached hydrogens (primary N) is 1. The van der Waals surface area contributed by atoms with Gasteiger partial charge in [-0.05, 0) is 37.3 Å². The van der Waals surface area contributed by atoms with Crippen LogP contribution in [0, 0.1) is 5.92 Å². The Morgan fingerprint density at radius 3 is 2.94 bits per heavy atom. The van der Waals surface area contributed by atoms with Crippen molar-refractivity contribution in [3.8, 4) is 0 Å². The lowest BCUT2D eigenvalue weighted by Crippen LogP contribution is -2.43. The average molecular weight is 233 g/mol. The number of aromatic nitrogens is 1. The maximum absolute atomic E-state index is 12.1. The quantitative estimate of drug-likeness (QED) is 0.798. The number of pyridine rings is 1. The third-order valence-corrected chi connectivity index (χ3v) is 3.35. The second-order valence-electron chi connectivity index (χ2n) is 4.70. The van der Waals surface area contributed by atoms with Gasteiger partial charge in [0, 0.05) is 25.0 Å². The van der Waals surface area contributed by atoms with Crippen LogP contribution in [0.3, 0.4) is 0 Å². The van der Waals surface area contributed by atoms with Gasteiger partial charge in [0.25, 0.3) is 0 Å². The minimum atomic E-state index is -0.170. The highest BCUT2D eigenvalue weighted by atomic mass is 16.1.